The second-order valence-corrected chi connectivity index (χ2v) is 4.23. The van der Waals surface area contributed by atoms with E-state index in [1.165, 1.54) is 0 Å². The molecule has 1 heterocycles. The summed E-state index contributed by atoms with van der Waals surface area (Å²) in [6, 6.07) is 7.71. The van der Waals surface area contributed by atoms with E-state index in [0.717, 1.165) is 31.6 Å². The van der Waals surface area contributed by atoms with Crippen LogP contribution in [0.2, 0.25) is 0 Å². The normalized spacial score (nSPS) is 25.6. The minimum atomic E-state index is 0.120. The van der Waals surface area contributed by atoms with Gasteiger partial charge in [0, 0.05) is 12.6 Å². The fourth-order valence-corrected chi connectivity index (χ4v) is 2.21. The maximum Gasteiger partial charge on any atom is 0.115 e. The molecule has 2 unspecified atom stereocenters. The summed E-state index contributed by atoms with van der Waals surface area (Å²) in [6.45, 7) is 3.87. The number of phenolic OH excluding ortho intramolecular Hbond substituents is 1. The van der Waals surface area contributed by atoms with E-state index in [2.05, 4.69) is 12.2 Å². The molecule has 3 heteroatoms. The Morgan fingerprint density at radius 1 is 1.38 bits per heavy atom. The molecule has 0 bridgehead atoms. The van der Waals surface area contributed by atoms with Crippen LogP contribution in [-0.2, 0) is 4.74 Å². The van der Waals surface area contributed by atoms with Gasteiger partial charge in [0.15, 0.2) is 0 Å². The van der Waals surface area contributed by atoms with Crippen molar-refractivity contribution in [2.24, 2.45) is 0 Å². The topological polar surface area (TPSA) is 41.5 Å². The van der Waals surface area contributed by atoms with E-state index in [9.17, 15) is 5.11 Å². The number of hydrogen-bond donors (Lipinski definition) is 2. The molecule has 1 aromatic carbocycles. The molecular weight excluding hydrogens is 202 g/mol. The van der Waals surface area contributed by atoms with Crippen LogP contribution in [0.4, 0.5) is 0 Å². The molecule has 2 rings (SSSR count). The molecule has 1 fully saturated rings. The summed E-state index contributed by atoms with van der Waals surface area (Å²) in [5.74, 6) is 0.305. The summed E-state index contributed by atoms with van der Waals surface area (Å²) in [4.78, 5) is 0. The van der Waals surface area contributed by atoms with Crippen molar-refractivity contribution in [3.63, 3.8) is 0 Å². The van der Waals surface area contributed by atoms with E-state index >= 15 is 0 Å². The van der Waals surface area contributed by atoms with Crippen LogP contribution >= 0.6 is 0 Å². The summed E-state index contributed by atoms with van der Waals surface area (Å²) in [6.07, 6.45) is 2.38. The molecule has 3 nitrogen and oxygen atoms in total. The molecule has 0 radical (unpaired) electrons. The molecule has 0 spiro atoms. The van der Waals surface area contributed by atoms with Crippen LogP contribution in [0.15, 0.2) is 24.3 Å². The maximum atomic E-state index is 9.27. The SMILES string of the molecule is CCCC1NCCOC1c1ccc(O)cc1. The van der Waals surface area contributed by atoms with Gasteiger partial charge < -0.3 is 15.2 Å². The number of phenols is 1. The van der Waals surface area contributed by atoms with E-state index in [4.69, 9.17) is 4.74 Å². The Morgan fingerprint density at radius 2 is 2.12 bits per heavy atom. The van der Waals surface area contributed by atoms with Crippen molar-refractivity contribution in [3.8, 4) is 5.75 Å². The molecule has 1 saturated heterocycles. The number of aromatic hydroxyl groups is 1. The average Bonchev–Trinajstić information content (AvgIpc) is 2.32. The number of hydrogen-bond acceptors (Lipinski definition) is 3. The van der Waals surface area contributed by atoms with E-state index in [1.807, 2.05) is 12.1 Å². The largest absolute Gasteiger partial charge is 0.508 e. The zero-order chi connectivity index (χ0) is 11.4. The third-order valence-corrected chi connectivity index (χ3v) is 2.99. The van der Waals surface area contributed by atoms with Gasteiger partial charge in [0.2, 0.25) is 0 Å². The van der Waals surface area contributed by atoms with Gasteiger partial charge in [-0.25, -0.2) is 0 Å². The van der Waals surface area contributed by atoms with Gasteiger partial charge in [-0.05, 0) is 24.1 Å². The Morgan fingerprint density at radius 3 is 2.81 bits per heavy atom. The molecule has 88 valence electrons. The molecule has 2 atom stereocenters. The minimum Gasteiger partial charge on any atom is -0.508 e. The lowest BCUT2D eigenvalue weighted by Crippen LogP contribution is -2.43. The van der Waals surface area contributed by atoms with Gasteiger partial charge in [0.1, 0.15) is 5.75 Å². The van der Waals surface area contributed by atoms with Crippen LogP contribution < -0.4 is 5.32 Å². The van der Waals surface area contributed by atoms with Crippen LogP contribution in [-0.4, -0.2) is 24.3 Å². The number of ether oxygens (including phenoxy) is 1. The molecule has 1 aliphatic rings. The lowest BCUT2D eigenvalue weighted by molar-refractivity contribution is -0.00792. The van der Waals surface area contributed by atoms with Gasteiger partial charge in [-0.15, -0.1) is 0 Å². The lowest BCUT2D eigenvalue weighted by Gasteiger charge is -2.33. The van der Waals surface area contributed by atoms with Gasteiger partial charge >= 0.3 is 0 Å². The zero-order valence-electron chi connectivity index (χ0n) is 9.65. The Bertz CT molecular complexity index is 321. The fourth-order valence-electron chi connectivity index (χ4n) is 2.21. The average molecular weight is 221 g/mol. The fraction of sp³-hybridized carbons (Fsp3) is 0.538. The highest BCUT2D eigenvalue weighted by molar-refractivity contribution is 5.28. The predicted octanol–water partition coefficient (Wildman–Crippen LogP) is 2.22. The van der Waals surface area contributed by atoms with Gasteiger partial charge in [-0.2, -0.15) is 0 Å². The van der Waals surface area contributed by atoms with Crippen LogP contribution in [0.25, 0.3) is 0 Å². The van der Waals surface area contributed by atoms with Crippen molar-refractivity contribution >= 4 is 0 Å². The van der Waals surface area contributed by atoms with Gasteiger partial charge in [0.05, 0.1) is 12.7 Å². The van der Waals surface area contributed by atoms with Crippen molar-refractivity contribution in [1.82, 2.24) is 5.32 Å². The molecule has 0 aromatic heterocycles. The van der Waals surface area contributed by atoms with Crippen molar-refractivity contribution < 1.29 is 9.84 Å². The first-order chi connectivity index (χ1) is 7.81. The van der Waals surface area contributed by atoms with Crippen LogP contribution in [0, 0.1) is 0 Å². The number of benzene rings is 1. The van der Waals surface area contributed by atoms with Gasteiger partial charge in [0.25, 0.3) is 0 Å². The first-order valence-corrected chi connectivity index (χ1v) is 5.95. The Hall–Kier alpha value is -1.06. The molecule has 2 N–H and O–H groups in total. The standard InChI is InChI=1S/C13H19NO2/c1-2-3-12-13(16-9-8-14-12)10-4-6-11(15)7-5-10/h4-7,12-15H,2-3,8-9H2,1H3. The van der Waals surface area contributed by atoms with Crippen LogP contribution in [0.5, 0.6) is 5.75 Å². The van der Waals surface area contributed by atoms with E-state index < -0.39 is 0 Å². The molecule has 1 aromatic rings. The summed E-state index contributed by atoms with van der Waals surface area (Å²) in [7, 11) is 0. The highest BCUT2D eigenvalue weighted by Gasteiger charge is 2.26. The van der Waals surface area contributed by atoms with E-state index in [-0.39, 0.29) is 6.10 Å². The summed E-state index contributed by atoms with van der Waals surface area (Å²) in [5, 5.41) is 12.8. The maximum absolute atomic E-state index is 9.27. The van der Waals surface area contributed by atoms with Crippen LogP contribution in [0.1, 0.15) is 31.4 Å². The number of rotatable bonds is 3. The lowest BCUT2D eigenvalue weighted by atomic mass is 9.97. The van der Waals surface area contributed by atoms with Crippen LogP contribution in [0.3, 0.4) is 0 Å². The van der Waals surface area contributed by atoms with E-state index in [1.54, 1.807) is 12.1 Å². The zero-order valence-corrected chi connectivity index (χ0v) is 9.65. The summed E-state index contributed by atoms with van der Waals surface area (Å²) < 4.78 is 5.82. The van der Waals surface area contributed by atoms with Crippen molar-refractivity contribution in [3.05, 3.63) is 29.8 Å². The smallest absolute Gasteiger partial charge is 0.115 e. The minimum absolute atomic E-state index is 0.120. The number of nitrogens with one attached hydrogen (secondary N) is 1. The molecule has 16 heavy (non-hydrogen) atoms. The molecule has 0 aliphatic carbocycles. The molecule has 0 saturated carbocycles. The van der Waals surface area contributed by atoms with Gasteiger partial charge in [-0.3, -0.25) is 0 Å². The quantitative estimate of drug-likeness (QED) is 0.822. The molecular formula is C13H19NO2. The second-order valence-electron chi connectivity index (χ2n) is 4.23. The summed E-state index contributed by atoms with van der Waals surface area (Å²) >= 11 is 0. The Balaban J connectivity index is 2.13. The molecule has 1 aliphatic heterocycles. The second kappa shape index (κ2) is 5.32. The third kappa shape index (κ3) is 2.54. The van der Waals surface area contributed by atoms with Crippen molar-refractivity contribution in [2.45, 2.75) is 31.9 Å². The van der Waals surface area contributed by atoms with Gasteiger partial charge in [-0.1, -0.05) is 25.5 Å². The molecule has 0 amide bonds. The first kappa shape index (κ1) is 11.4. The Labute approximate surface area is 96.4 Å². The third-order valence-electron chi connectivity index (χ3n) is 2.99. The van der Waals surface area contributed by atoms with E-state index in [0.29, 0.717) is 11.8 Å². The van der Waals surface area contributed by atoms with Crippen molar-refractivity contribution in [1.29, 1.82) is 0 Å². The highest BCUT2D eigenvalue weighted by atomic mass is 16.5. The van der Waals surface area contributed by atoms with Crippen molar-refractivity contribution in [2.75, 3.05) is 13.2 Å². The predicted molar refractivity (Wildman–Crippen MR) is 63.5 cm³/mol. The highest BCUT2D eigenvalue weighted by Crippen LogP contribution is 2.27. The monoisotopic (exact) mass is 221 g/mol. The summed E-state index contributed by atoms with van der Waals surface area (Å²) in [5.41, 5.74) is 1.14. The Kier molecular flexibility index (Phi) is 3.80. The first-order valence-electron chi connectivity index (χ1n) is 5.95. The number of morpholine rings is 1.